The summed E-state index contributed by atoms with van der Waals surface area (Å²) >= 11 is 6.11. The van der Waals surface area contributed by atoms with Crippen molar-refractivity contribution in [2.75, 3.05) is 0 Å². The van der Waals surface area contributed by atoms with E-state index in [1.165, 1.54) is 0 Å². The van der Waals surface area contributed by atoms with E-state index in [0.29, 0.717) is 5.56 Å². The second-order valence-electron chi connectivity index (χ2n) is 1.75. The highest BCUT2D eigenvalue weighted by Crippen LogP contribution is 2.17. The van der Waals surface area contributed by atoms with Gasteiger partial charge in [0.2, 0.25) is 4.69 Å². The molecule has 10 heavy (non-hydrogen) atoms. The van der Waals surface area contributed by atoms with E-state index in [1.807, 2.05) is 18.2 Å². The lowest BCUT2D eigenvalue weighted by molar-refractivity contribution is 0.109. The third kappa shape index (κ3) is 1.67. The van der Waals surface area contributed by atoms with E-state index in [9.17, 15) is 4.79 Å². The van der Waals surface area contributed by atoms with Gasteiger partial charge in [-0.3, -0.25) is 4.79 Å². The molecule has 0 aromatic heterocycles. The van der Waals surface area contributed by atoms with E-state index in [-0.39, 0.29) is 4.69 Å². The topological polar surface area (TPSA) is 17.1 Å². The summed E-state index contributed by atoms with van der Waals surface area (Å²) in [6.07, 6.45) is 0. The van der Waals surface area contributed by atoms with Crippen molar-refractivity contribution in [3.63, 3.8) is 0 Å². The maximum absolute atomic E-state index is 10.8. The molecule has 3 heteroatoms. The fourth-order valence-corrected chi connectivity index (χ4v) is 1.70. The first-order valence-corrected chi connectivity index (χ1v) is 4.25. The van der Waals surface area contributed by atoms with Crippen LogP contribution in [0.15, 0.2) is 28.7 Å². The van der Waals surface area contributed by atoms with Crippen LogP contribution in [0.1, 0.15) is 10.4 Å². The predicted molar refractivity (Wildman–Crippen MR) is 47.4 cm³/mol. The second kappa shape index (κ2) is 3.30. The third-order valence-corrected chi connectivity index (χ3v) is 2.20. The Labute approximate surface area is 75.7 Å². The molecule has 0 N–H and O–H groups in total. The van der Waals surface area contributed by atoms with Crippen molar-refractivity contribution in [1.29, 1.82) is 0 Å². The molecule has 0 fully saturated rings. The highest BCUT2D eigenvalue weighted by Gasteiger charge is 2.03. The van der Waals surface area contributed by atoms with Crippen LogP contribution in [0, 0.1) is 0 Å². The summed E-state index contributed by atoms with van der Waals surface area (Å²) in [5.41, 5.74) is 0.655. The van der Waals surface area contributed by atoms with Gasteiger partial charge in [-0.2, -0.15) is 0 Å². The van der Waals surface area contributed by atoms with Crippen molar-refractivity contribution < 1.29 is 4.79 Å². The molecule has 0 aliphatic carbocycles. The Morgan fingerprint density at radius 2 is 1.90 bits per heavy atom. The zero-order valence-electron chi connectivity index (χ0n) is 4.97. The lowest BCUT2D eigenvalue weighted by atomic mass is 10.2. The summed E-state index contributed by atoms with van der Waals surface area (Å²) in [6, 6.07) is 7.26. The molecule has 0 radical (unpaired) electrons. The third-order valence-electron chi connectivity index (χ3n) is 1.09. The van der Waals surface area contributed by atoms with Crippen LogP contribution in [0.5, 0.6) is 0 Å². The van der Waals surface area contributed by atoms with Crippen molar-refractivity contribution in [2.45, 2.75) is 0 Å². The first-order chi connectivity index (χ1) is 4.72. The first kappa shape index (κ1) is 7.95. The van der Waals surface area contributed by atoms with Crippen LogP contribution < -0.4 is 0 Å². The Hall–Kier alpha value is -0.150. The van der Waals surface area contributed by atoms with Crippen LogP contribution in [0.2, 0.25) is 0 Å². The minimum absolute atomic E-state index is 0.0972. The normalized spacial score (nSPS) is 9.40. The van der Waals surface area contributed by atoms with Gasteiger partial charge in [0.05, 0.1) is 0 Å². The fourth-order valence-electron chi connectivity index (χ4n) is 0.621. The van der Waals surface area contributed by atoms with Crippen LogP contribution in [0.4, 0.5) is 0 Å². The zero-order chi connectivity index (χ0) is 7.56. The average molecular weight is 264 g/mol. The lowest BCUT2D eigenvalue weighted by Crippen LogP contribution is -1.87. The van der Waals surface area contributed by atoms with Gasteiger partial charge < -0.3 is 0 Å². The predicted octanol–water partition coefficient (Wildman–Crippen LogP) is 2.98. The molecule has 1 rings (SSSR count). The van der Waals surface area contributed by atoms with E-state index in [1.54, 1.807) is 6.07 Å². The van der Waals surface area contributed by atoms with Crippen LogP contribution >= 0.6 is 31.9 Å². The molecule has 1 aromatic carbocycles. The molecule has 0 bridgehead atoms. The smallest absolute Gasteiger partial charge is 0.229 e. The quantitative estimate of drug-likeness (QED) is 0.712. The van der Waals surface area contributed by atoms with E-state index in [2.05, 4.69) is 31.9 Å². The molecule has 0 aliphatic heterocycles. The number of carbonyl (C=O) groups excluding carboxylic acids is 1. The highest BCUT2D eigenvalue weighted by molar-refractivity contribution is 9.18. The molecule has 0 amide bonds. The van der Waals surface area contributed by atoms with E-state index < -0.39 is 0 Å². The summed E-state index contributed by atoms with van der Waals surface area (Å²) in [4.78, 5) is 10.8. The van der Waals surface area contributed by atoms with Gasteiger partial charge in [0.25, 0.3) is 0 Å². The fraction of sp³-hybridized carbons (Fsp3) is 0. The molecule has 1 nitrogen and oxygen atoms in total. The molecule has 0 atom stereocenters. The summed E-state index contributed by atoms with van der Waals surface area (Å²) < 4.78 is 0.719. The number of hydrogen-bond acceptors (Lipinski definition) is 1. The lowest BCUT2D eigenvalue weighted by Gasteiger charge is -1.94. The highest BCUT2D eigenvalue weighted by atomic mass is 79.9. The maximum Gasteiger partial charge on any atom is 0.229 e. The van der Waals surface area contributed by atoms with Gasteiger partial charge in [-0.15, -0.1) is 0 Å². The van der Waals surface area contributed by atoms with Gasteiger partial charge in [-0.05, 0) is 28.1 Å². The van der Waals surface area contributed by atoms with Crippen LogP contribution in [0.25, 0.3) is 0 Å². The van der Waals surface area contributed by atoms with Crippen LogP contribution in [-0.2, 0) is 0 Å². The van der Waals surface area contributed by atoms with Crippen molar-refractivity contribution >= 4 is 36.6 Å². The first-order valence-electron chi connectivity index (χ1n) is 2.66. The molecule has 52 valence electrons. The van der Waals surface area contributed by atoms with Crippen molar-refractivity contribution in [3.8, 4) is 0 Å². The summed E-state index contributed by atoms with van der Waals surface area (Å²) in [5, 5.41) is 0. The van der Waals surface area contributed by atoms with Crippen molar-refractivity contribution in [3.05, 3.63) is 34.3 Å². The number of hydrogen-bond donors (Lipinski definition) is 0. The van der Waals surface area contributed by atoms with Gasteiger partial charge in [-0.25, -0.2) is 0 Å². The number of halogens is 2. The van der Waals surface area contributed by atoms with Gasteiger partial charge in [0.1, 0.15) is 0 Å². The summed E-state index contributed by atoms with van der Waals surface area (Å²) in [5.74, 6) is 0. The van der Waals surface area contributed by atoms with Gasteiger partial charge >= 0.3 is 0 Å². The summed E-state index contributed by atoms with van der Waals surface area (Å²) in [6.45, 7) is 0. The minimum Gasteiger partial charge on any atom is -0.281 e. The Morgan fingerprint density at radius 3 is 2.30 bits per heavy atom. The monoisotopic (exact) mass is 262 g/mol. The average Bonchev–Trinajstić information content (AvgIpc) is 1.88. The van der Waals surface area contributed by atoms with Gasteiger partial charge in [0.15, 0.2) is 0 Å². The molecule has 0 heterocycles. The molecule has 0 aliphatic rings. The molecule has 0 saturated heterocycles. The zero-order valence-corrected chi connectivity index (χ0v) is 8.15. The van der Waals surface area contributed by atoms with E-state index in [0.717, 1.165) is 4.47 Å². The van der Waals surface area contributed by atoms with Crippen molar-refractivity contribution in [1.82, 2.24) is 0 Å². The Morgan fingerprint density at radius 1 is 1.30 bits per heavy atom. The molecule has 0 spiro atoms. The molecular weight excluding hydrogens is 260 g/mol. The standard InChI is InChI=1S/C7H4Br2O/c8-6-4-2-1-3-5(6)7(9)10/h1-4H. The SMILES string of the molecule is O=C(Br)c1ccccc1Br. The van der Waals surface area contributed by atoms with E-state index in [4.69, 9.17) is 0 Å². The maximum atomic E-state index is 10.8. The Balaban J connectivity index is 3.15. The molecule has 1 aromatic rings. The molecule has 0 unspecified atom stereocenters. The number of benzene rings is 1. The van der Waals surface area contributed by atoms with Crippen LogP contribution in [-0.4, -0.2) is 4.69 Å². The van der Waals surface area contributed by atoms with Gasteiger partial charge in [-0.1, -0.05) is 28.1 Å². The number of rotatable bonds is 1. The molecule has 0 saturated carbocycles. The number of carbonyl (C=O) groups is 1. The second-order valence-corrected chi connectivity index (χ2v) is 3.33. The van der Waals surface area contributed by atoms with E-state index >= 15 is 0 Å². The molecular formula is C7H4Br2O. The minimum atomic E-state index is -0.0972. The van der Waals surface area contributed by atoms with Crippen LogP contribution in [0.3, 0.4) is 0 Å². The summed E-state index contributed by atoms with van der Waals surface area (Å²) in [7, 11) is 0. The largest absolute Gasteiger partial charge is 0.281 e. The van der Waals surface area contributed by atoms with Crippen molar-refractivity contribution in [2.24, 2.45) is 0 Å². The Bertz CT molecular complexity index is 258. The Kier molecular flexibility index (Phi) is 2.63. The van der Waals surface area contributed by atoms with Gasteiger partial charge in [0, 0.05) is 10.0 Å².